The van der Waals surface area contributed by atoms with Crippen LogP contribution in [0.1, 0.15) is 19.3 Å². The number of hydrogen-bond donors (Lipinski definition) is 1. The number of likely N-dealkylation sites (tertiary alicyclic amines) is 1. The standard InChI is InChI=1S/C10H12N2O7/c13-7-1-2-8(14)12(7)19-10(17)18-6-3-4-11(5-6)9(15)16/h6H,1-5H2,(H,15,16)/t6-/m0/s1. The fourth-order valence-electron chi connectivity index (χ4n) is 1.89. The van der Waals surface area contributed by atoms with Crippen molar-refractivity contribution >= 4 is 24.1 Å². The van der Waals surface area contributed by atoms with E-state index in [4.69, 9.17) is 9.84 Å². The van der Waals surface area contributed by atoms with Crippen LogP contribution in [0.15, 0.2) is 0 Å². The Bertz CT molecular complexity index is 420. The molecule has 0 aromatic heterocycles. The van der Waals surface area contributed by atoms with E-state index in [1.807, 2.05) is 0 Å². The highest BCUT2D eigenvalue weighted by molar-refractivity contribution is 6.01. The smallest absolute Gasteiger partial charge is 0.465 e. The third-order valence-electron chi connectivity index (χ3n) is 2.85. The Morgan fingerprint density at radius 1 is 1.21 bits per heavy atom. The fourth-order valence-corrected chi connectivity index (χ4v) is 1.89. The van der Waals surface area contributed by atoms with Gasteiger partial charge in [0.25, 0.3) is 11.8 Å². The van der Waals surface area contributed by atoms with E-state index >= 15 is 0 Å². The summed E-state index contributed by atoms with van der Waals surface area (Å²) in [6.07, 6.45) is -2.55. The summed E-state index contributed by atoms with van der Waals surface area (Å²) in [5.74, 6) is -1.19. The van der Waals surface area contributed by atoms with Crippen LogP contribution >= 0.6 is 0 Å². The lowest BCUT2D eigenvalue weighted by molar-refractivity contribution is -0.178. The Hall–Kier alpha value is -2.32. The monoisotopic (exact) mass is 272 g/mol. The van der Waals surface area contributed by atoms with Gasteiger partial charge >= 0.3 is 12.2 Å². The summed E-state index contributed by atoms with van der Waals surface area (Å²) in [5.41, 5.74) is 0. The van der Waals surface area contributed by atoms with Crippen LogP contribution in [-0.2, 0) is 19.2 Å². The topological polar surface area (TPSA) is 113 Å². The first kappa shape index (κ1) is 13.1. The molecule has 0 saturated carbocycles. The minimum atomic E-state index is -1.18. The third kappa shape index (κ3) is 2.92. The van der Waals surface area contributed by atoms with Crippen molar-refractivity contribution in [2.45, 2.75) is 25.4 Å². The molecule has 2 aliphatic heterocycles. The van der Waals surface area contributed by atoms with Crippen LogP contribution in [0.4, 0.5) is 9.59 Å². The Labute approximate surface area is 107 Å². The molecule has 0 bridgehead atoms. The minimum Gasteiger partial charge on any atom is -0.465 e. The van der Waals surface area contributed by atoms with E-state index in [1.54, 1.807) is 0 Å². The van der Waals surface area contributed by atoms with E-state index in [-0.39, 0.29) is 25.9 Å². The van der Waals surface area contributed by atoms with Gasteiger partial charge in [0.15, 0.2) is 0 Å². The number of carbonyl (C=O) groups is 4. The van der Waals surface area contributed by atoms with Gasteiger partial charge in [0, 0.05) is 25.8 Å². The second kappa shape index (κ2) is 5.12. The van der Waals surface area contributed by atoms with E-state index in [0.29, 0.717) is 11.5 Å². The van der Waals surface area contributed by atoms with Crippen molar-refractivity contribution < 1.29 is 33.9 Å². The van der Waals surface area contributed by atoms with Crippen molar-refractivity contribution in [2.24, 2.45) is 0 Å². The molecule has 2 heterocycles. The van der Waals surface area contributed by atoms with Crippen molar-refractivity contribution in [2.75, 3.05) is 13.1 Å². The van der Waals surface area contributed by atoms with E-state index < -0.39 is 30.2 Å². The zero-order chi connectivity index (χ0) is 14.0. The number of carbonyl (C=O) groups excluding carboxylic acids is 3. The van der Waals surface area contributed by atoms with E-state index in [1.165, 1.54) is 0 Å². The average Bonchev–Trinajstić information content (AvgIpc) is 2.91. The molecule has 0 aromatic rings. The quantitative estimate of drug-likeness (QED) is 0.554. The Morgan fingerprint density at radius 2 is 1.84 bits per heavy atom. The maximum absolute atomic E-state index is 11.4. The number of rotatable bonds is 2. The summed E-state index contributed by atoms with van der Waals surface area (Å²) in [6.45, 7) is 0.307. The first-order chi connectivity index (χ1) is 8.97. The molecule has 0 aliphatic carbocycles. The summed E-state index contributed by atoms with van der Waals surface area (Å²) in [5, 5.41) is 9.10. The number of ether oxygens (including phenoxy) is 1. The molecule has 19 heavy (non-hydrogen) atoms. The molecule has 2 saturated heterocycles. The normalized spacial score (nSPS) is 22.8. The average molecular weight is 272 g/mol. The molecule has 104 valence electrons. The first-order valence-corrected chi connectivity index (χ1v) is 5.69. The Morgan fingerprint density at radius 3 is 2.37 bits per heavy atom. The van der Waals surface area contributed by atoms with Gasteiger partial charge in [-0.3, -0.25) is 14.4 Å². The van der Waals surface area contributed by atoms with Crippen molar-refractivity contribution in [3.63, 3.8) is 0 Å². The van der Waals surface area contributed by atoms with Crippen LogP contribution in [-0.4, -0.2) is 58.3 Å². The summed E-state index contributed by atoms with van der Waals surface area (Å²) in [6, 6.07) is 0. The number of nitrogens with zero attached hydrogens (tertiary/aromatic N) is 2. The molecule has 9 heteroatoms. The van der Waals surface area contributed by atoms with Gasteiger partial charge < -0.3 is 14.7 Å². The molecule has 3 amide bonds. The van der Waals surface area contributed by atoms with Gasteiger partial charge in [0.2, 0.25) is 0 Å². The predicted octanol–water partition coefficient (Wildman–Crippen LogP) is -0.0441. The molecule has 2 fully saturated rings. The largest absolute Gasteiger partial charge is 0.534 e. The van der Waals surface area contributed by atoms with Crippen molar-refractivity contribution in [3.05, 3.63) is 0 Å². The number of hydrogen-bond acceptors (Lipinski definition) is 6. The summed E-state index contributed by atoms with van der Waals surface area (Å²) in [7, 11) is 0. The molecule has 9 nitrogen and oxygen atoms in total. The van der Waals surface area contributed by atoms with Gasteiger partial charge in [-0.05, 0) is 0 Å². The Kier molecular flexibility index (Phi) is 3.54. The second-order valence-corrected chi connectivity index (χ2v) is 4.18. The zero-order valence-corrected chi connectivity index (χ0v) is 9.90. The molecule has 0 unspecified atom stereocenters. The van der Waals surface area contributed by atoms with Gasteiger partial charge in [0.1, 0.15) is 6.10 Å². The lowest BCUT2D eigenvalue weighted by Gasteiger charge is -2.15. The maximum Gasteiger partial charge on any atom is 0.534 e. The molecule has 0 spiro atoms. The van der Waals surface area contributed by atoms with Crippen molar-refractivity contribution in [3.8, 4) is 0 Å². The lowest BCUT2D eigenvalue weighted by Crippen LogP contribution is -2.34. The molecule has 0 aromatic carbocycles. The SMILES string of the molecule is O=C(O[C@H]1CCN(C(=O)O)C1)ON1C(=O)CCC1=O. The highest BCUT2D eigenvalue weighted by atomic mass is 16.8. The number of imide groups is 1. The van der Waals surface area contributed by atoms with Crippen LogP contribution in [0.25, 0.3) is 0 Å². The third-order valence-corrected chi connectivity index (χ3v) is 2.85. The summed E-state index contributed by atoms with van der Waals surface area (Å²) < 4.78 is 4.84. The number of carboxylic acid groups (broad SMARTS) is 1. The molecule has 2 rings (SSSR count). The van der Waals surface area contributed by atoms with Crippen LogP contribution in [0, 0.1) is 0 Å². The maximum atomic E-state index is 11.4. The summed E-state index contributed by atoms with van der Waals surface area (Å²) >= 11 is 0. The van der Waals surface area contributed by atoms with Gasteiger partial charge in [-0.25, -0.2) is 9.59 Å². The molecule has 0 radical (unpaired) electrons. The first-order valence-electron chi connectivity index (χ1n) is 5.69. The van der Waals surface area contributed by atoms with Crippen molar-refractivity contribution in [1.82, 2.24) is 9.96 Å². The van der Waals surface area contributed by atoms with Gasteiger partial charge in [-0.1, -0.05) is 5.06 Å². The van der Waals surface area contributed by atoms with Crippen LogP contribution in [0.3, 0.4) is 0 Å². The Balaban J connectivity index is 1.81. The van der Waals surface area contributed by atoms with Gasteiger partial charge in [0.05, 0.1) is 6.54 Å². The second-order valence-electron chi connectivity index (χ2n) is 4.18. The molecule has 1 N–H and O–H groups in total. The molecule has 2 aliphatic rings. The highest BCUT2D eigenvalue weighted by Gasteiger charge is 2.35. The molecule has 1 atom stereocenters. The van der Waals surface area contributed by atoms with Crippen LogP contribution in [0.2, 0.25) is 0 Å². The lowest BCUT2D eigenvalue weighted by atomic mass is 10.3. The minimum absolute atomic E-state index is 0.00232. The van der Waals surface area contributed by atoms with E-state index in [9.17, 15) is 19.2 Å². The van der Waals surface area contributed by atoms with Crippen LogP contribution in [0.5, 0.6) is 0 Å². The predicted molar refractivity (Wildman–Crippen MR) is 56.7 cm³/mol. The van der Waals surface area contributed by atoms with Gasteiger partial charge in [-0.2, -0.15) is 0 Å². The number of amides is 3. The van der Waals surface area contributed by atoms with Gasteiger partial charge in [-0.15, -0.1) is 0 Å². The van der Waals surface area contributed by atoms with E-state index in [0.717, 1.165) is 4.90 Å². The zero-order valence-electron chi connectivity index (χ0n) is 9.90. The van der Waals surface area contributed by atoms with E-state index in [2.05, 4.69) is 4.84 Å². The van der Waals surface area contributed by atoms with Crippen LogP contribution < -0.4 is 0 Å². The van der Waals surface area contributed by atoms with Crippen molar-refractivity contribution in [1.29, 1.82) is 0 Å². The fraction of sp³-hybridized carbons (Fsp3) is 0.600. The summed E-state index contributed by atoms with van der Waals surface area (Å²) in [4.78, 5) is 50.0. The number of hydroxylamine groups is 2. The molecular weight excluding hydrogens is 260 g/mol. The highest BCUT2D eigenvalue weighted by Crippen LogP contribution is 2.16. The molecular formula is C10H12N2O7.